The number of hydrogen-bond acceptors (Lipinski definition) is 3. The number of nitrogens with one attached hydrogen (secondary N) is 2. The minimum atomic E-state index is -1.03. The third kappa shape index (κ3) is 2.86. The Labute approximate surface area is 118 Å². The normalized spacial score (nSPS) is 12.1. The number of ether oxygens (including phenoxy) is 2. The molecule has 0 atom stereocenters. The summed E-state index contributed by atoms with van der Waals surface area (Å²) in [5, 5.41) is 4.95. The van der Waals surface area contributed by atoms with Gasteiger partial charge in [-0.2, -0.15) is 0 Å². The first kappa shape index (κ1) is 13.2. The fourth-order valence-electron chi connectivity index (χ4n) is 1.84. The van der Waals surface area contributed by atoms with Gasteiger partial charge in [0.05, 0.1) is 0 Å². The molecule has 7 heteroatoms. The smallest absolute Gasteiger partial charge is 0.323 e. The number of rotatable bonds is 2. The van der Waals surface area contributed by atoms with Gasteiger partial charge in [0.15, 0.2) is 23.1 Å². The van der Waals surface area contributed by atoms with Crippen molar-refractivity contribution in [1.29, 1.82) is 0 Å². The molecule has 2 aromatic carbocycles. The summed E-state index contributed by atoms with van der Waals surface area (Å²) in [6, 6.07) is 7.42. The summed E-state index contributed by atoms with van der Waals surface area (Å²) in [5.74, 6) is -0.880. The van der Waals surface area contributed by atoms with E-state index in [2.05, 4.69) is 10.6 Å². The van der Waals surface area contributed by atoms with E-state index in [9.17, 15) is 13.6 Å². The molecule has 1 aliphatic heterocycles. The molecule has 0 bridgehead atoms. The van der Waals surface area contributed by atoms with Crippen molar-refractivity contribution in [2.75, 3.05) is 17.4 Å². The van der Waals surface area contributed by atoms with E-state index in [4.69, 9.17) is 9.47 Å². The van der Waals surface area contributed by atoms with E-state index in [1.54, 1.807) is 18.2 Å². The van der Waals surface area contributed by atoms with Gasteiger partial charge in [0.2, 0.25) is 6.79 Å². The highest BCUT2D eigenvalue weighted by Crippen LogP contribution is 2.34. The largest absolute Gasteiger partial charge is 0.454 e. The molecule has 1 aliphatic rings. The summed E-state index contributed by atoms with van der Waals surface area (Å²) < 4.78 is 36.1. The first-order chi connectivity index (χ1) is 10.1. The van der Waals surface area contributed by atoms with E-state index < -0.39 is 17.7 Å². The molecule has 0 saturated heterocycles. The molecular formula is C14H10F2N2O3. The molecule has 108 valence electrons. The Kier molecular flexibility index (Phi) is 3.31. The minimum Gasteiger partial charge on any atom is -0.454 e. The van der Waals surface area contributed by atoms with Crippen LogP contribution in [0.4, 0.5) is 25.0 Å². The Bertz CT molecular complexity index is 707. The van der Waals surface area contributed by atoms with Crippen LogP contribution in [0, 0.1) is 11.6 Å². The van der Waals surface area contributed by atoms with E-state index >= 15 is 0 Å². The number of anilines is 2. The Morgan fingerprint density at radius 2 is 1.57 bits per heavy atom. The number of carbonyl (C=O) groups is 1. The second kappa shape index (κ2) is 5.28. The van der Waals surface area contributed by atoms with E-state index in [-0.39, 0.29) is 12.5 Å². The van der Waals surface area contributed by atoms with Crippen LogP contribution in [0.25, 0.3) is 0 Å². The molecule has 21 heavy (non-hydrogen) atoms. The Morgan fingerprint density at radius 3 is 2.33 bits per heavy atom. The van der Waals surface area contributed by atoms with E-state index in [0.717, 1.165) is 12.1 Å². The molecule has 0 aromatic heterocycles. The van der Waals surface area contributed by atoms with E-state index in [1.807, 2.05) is 0 Å². The van der Waals surface area contributed by atoms with Gasteiger partial charge < -0.3 is 20.1 Å². The Morgan fingerprint density at radius 1 is 0.905 bits per heavy atom. The third-order valence-electron chi connectivity index (χ3n) is 2.81. The monoisotopic (exact) mass is 292 g/mol. The second-order valence-electron chi connectivity index (χ2n) is 4.28. The fraction of sp³-hybridized carbons (Fsp3) is 0.0714. The van der Waals surface area contributed by atoms with Crippen molar-refractivity contribution in [3.8, 4) is 11.5 Å². The summed E-state index contributed by atoms with van der Waals surface area (Å²) in [6.07, 6.45) is 0. The number of benzene rings is 2. The predicted octanol–water partition coefficient (Wildman–Crippen LogP) is 3.34. The van der Waals surface area contributed by atoms with Crippen LogP contribution in [-0.2, 0) is 0 Å². The van der Waals surface area contributed by atoms with Gasteiger partial charge in [-0.3, -0.25) is 0 Å². The van der Waals surface area contributed by atoms with Gasteiger partial charge in [0.1, 0.15) is 0 Å². The first-order valence-electron chi connectivity index (χ1n) is 6.04. The molecule has 0 saturated carbocycles. The van der Waals surface area contributed by atoms with Gasteiger partial charge in [0.25, 0.3) is 0 Å². The molecule has 2 aromatic rings. The van der Waals surface area contributed by atoms with Crippen LogP contribution in [0.5, 0.6) is 11.5 Å². The Balaban J connectivity index is 1.67. The summed E-state index contributed by atoms with van der Waals surface area (Å²) in [6.45, 7) is 0.139. The van der Waals surface area contributed by atoms with Gasteiger partial charge in [-0.1, -0.05) is 0 Å². The van der Waals surface area contributed by atoms with Crippen LogP contribution in [0.1, 0.15) is 0 Å². The second-order valence-corrected chi connectivity index (χ2v) is 4.28. The maximum Gasteiger partial charge on any atom is 0.323 e. The van der Waals surface area contributed by atoms with Gasteiger partial charge in [-0.25, -0.2) is 13.6 Å². The topological polar surface area (TPSA) is 59.6 Å². The zero-order valence-electron chi connectivity index (χ0n) is 10.7. The van der Waals surface area contributed by atoms with Crippen molar-refractivity contribution in [3.63, 3.8) is 0 Å². The number of urea groups is 1. The van der Waals surface area contributed by atoms with Crippen molar-refractivity contribution in [2.24, 2.45) is 0 Å². The number of amides is 2. The van der Waals surface area contributed by atoms with Crippen LogP contribution in [0.15, 0.2) is 36.4 Å². The average Bonchev–Trinajstić information content (AvgIpc) is 2.90. The highest BCUT2D eigenvalue weighted by atomic mass is 19.2. The number of carbonyl (C=O) groups excluding carboxylic acids is 1. The van der Waals surface area contributed by atoms with Crippen molar-refractivity contribution >= 4 is 17.4 Å². The standard InChI is InChI=1S/C14H10F2N2O3/c15-10-3-1-8(5-11(10)16)17-14(19)18-9-2-4-12-13(6-9)21-7-20-12/h1-6H,7H2,(H2,17,18,19). The SMILES string of the molecule is O=C(Nc1ccc(F)c(F)c1)Nc1ccc2c(c1)OCO2. The molecule has 3 rings (SSSR count). The highest BCUT2D eigenvalue weighted by molar-refractivity contribution is 5.99. The molecule has 0 fully saturated rings. The fourth-order valence-corrected chi connectivity index (χ4v) is 1.84. The quantitative estimate of drug-likeness (QED) is 0.892. The molecule has 1 heterocycles. The van der Waals surface area contributed by atoms with Crippen LogP contribution >= 0.6 is 0 Å². The molecule has 5 nitrogen and oxygen atoms in total. The maximum atomic E-state index is 13.0. The van der Waals surface area contributed by atoms with Gasteiger partial charge in [-0.15, -0.1) is 0 Å². The minimum absolute atomic E-state index is 0.139. The molecule has 0 unspecified atom stereocenters. The van der Waals surface area contributed by atoms with Crippen LogP contribution in [0.3, 0.4) is 0 Å². The zero-order chi connectivity index (χ0) is 14.8. The Hall–Kier alpha value is -2.83. The lowest BCUT2D eigenvalue weighted by Gasteiger charge is -2.08. The molecule has 0 aliphatic carbocycles. The first-order valence-corrected chi connectivity index (χ1v) is 6.04. The van der Waals surface area contributed by atoms with Crippen LogP contribution < -0.4 is 20.1 Å². The summed E-state index contributed by atoms with van der Waals surface area (Å²) in [7, 11) is 0. The number of fused-ring (bicyclic) bond motifs is 1. The summed E-state index contributed by atoms with van der Waals surface area (Å²) >= 11 is 0. The van der Waals surface area contributed by atoms with Crippen LogP contribution in [0.2, 0.25) is 0 Å². The summed E-state index contributed by atoms with van der Waals surface area (Å²) in [4.78, 5) is 11.8. The molecule has 2 amide bonds. The molecule has 0 spiro atoms. The average molecular weight is 292 g/mol. The van der Waals surface area contributed by atoms with Crippen LogP contribution in [-0.4, -0.2) is 12.8 Å². The molecular weight excluding hydrogens is 282 g/mol. The predicted molar refractivity (Wildman–Crippen MR) is 71.6 cm³/mol. The van der Waals surface area contributed by atoms with E-state index in [1.165, 1.54) is 6.07 Å². The molecule has 0 radical (unpaired) electrons. The van der Waals surface area contributed by atoms with Crippen molar-refractivity contribution in [3.05, 3.63) is 48.0 Å². The number of halogens is 2. The van der Waals surface area contributed by atoms with Crippen molar-refractivity contribution in [2.45, 2.75) is 0 Å². The van der Waals surface area contributed by atoms with Gasteiger partial charge >= 0.3 is 6.03 Å². The lowest BCUT2D eigenvalue weighted by atomic mass is 10.3. The van der Waals surface area contributed by atoms with E-state index in [0.29, 0.717) is 17.2 Å². The van der Waals surface area contributed by atoms with Crippen molar-refractivity contribution < 1.29 is 23.0 Å². The van der Waals surface area contributed by atoms with Crippen molar-refractivity contribution in [1.82, 2.24) is 0 Å². The lowest BCUT2D eigenvalue weighted by molar-refractivity contribution is 0.174. The molecule has 2 N–H and O–H groups in total. The summed E-state index contributed by atoms with van der Waals surface area (Å²) in [5.41, 5.74) is 0.631. The van der Waals surface area contributed by atoms with Gasteiger partial charge in [0, 0.05) is 23.5 Å². The lowest BCUT2D eigenvalue weighted by Crippen LogP contribution is -2.19. The highest BCUT2D eigenvalue weighted by Gasteiger charge is 2.14. The number of hydrogen-bond donors (Lipinski definition) is 2. The third-order valence-corrected chi connectivity index (χ3v) is 2.81. The van der Waals surface area contributed by atoms with Gasteiger partial charge in [-0.05, 0) is 24.3 Å². The maximum absolute atomic E-state index is 13.0. The zero-order valence-corrected chi connectivity index (χ0v) is 10.7.